The van der Waals surface area contributed by atoms with Gasteiger partial charge in [-0.2, -0.15) is 0 Å². The molecule has 1 amide bonds. The Kier molecular flexibility index (Phi) is 6.93. The summed E-state index contributed by atoms with van der Waals surface area (Å²) in [5, 5.41) is 7.67. The van der Waals surface area contributed by atoms with Crippen molar-refractivity contribution in [3.8, 4) is 10.6 Å². The van der Waals surface area contributed by atoms with Gasteiger partial charge in [0.2, 0.25) is 5.95 Å². The van der Waals surface area contributed by atoms with E-state index in [4.69, 9.17) is 10.7 Å². The van der Waals surface area contributed by atoms with Crippen molar-refractivity contribution < 1.29 is 14.3 Å². The average molecular weight is 455 g/mol. The number of ether oxygens (including phenoxy) is 1. The largest absolute Gasteiger partial charge is 0.412 e. The number of amides is 1. The smallest absolute Gasteiger partial charge is 0.373 e. The van der Waals surface area contributed by atoms with Crippen LogP contribution in [-0.4, -0.2) is 66.2 Å². The number of nitrogens with zero attached hydrogens (tertiary/aromatic N) is 3. The van der Waals surface area contributed by atoms with Crippen molar-refractivity contribution in [3.05, 3.63) is 41.6 Å². The highest BCUT2D eigenvalue weighted by atomic mass is 32.1. The van der Waals surface area contributed by atoms with Gasteiger partial charge in [-0.15, -0.1) is 11.3 Å². The number of aromatic nitrogens is 2. The first kappa shape index (κ1) is 22.1. The standard InChI is InChI=1S/C22H26N6O3S/c1-14-13-26-22(25-5-2-8-28-9-6-24-7-10-28)27-19(14)18-11-15-3-4-16(12-17(15)32-18)20(29)31-21(23)30/h3-4,11-13,24H,2,5-10H2,1H3,(H2,23,30)(H,25,26,27). The second-order valence-electron chi connectivity index (χ2n) is 7.67. The number of thiophene rings is 1. The molecule has 9 nitrogen and oxygen atoms in total. The van der Waals surface area contributed by atoms with Gasteiger partial charge in [-0.3, -0.25) is 0 Å². The molecule has 4 N–H and O–H groups in total. The third kappa shape index (κ3) is 5.39. The highest BCUT2D eigenvalue weighted by Gasteiger charge is 2.15. The fourth-order valence-electron chi connectivity index (χ4n) is 3.64. The first-order chi connectivity index (χ1) is 15.5. The molecule has 0 saturated carbocycles. The number of nitrogens with two attached hydrogens (primary N) is 1. The molecule has 0 bridgehead atoms. The number of anilines is 1. The maximum atomic E-state index is 11.9. The summed E-state index contributed by atoms with van der Waals surface area (Å²) in [5.41, 5.74) is 7.03. The van der Waals surface area contributed by atoms with Crippen LogP contribution in [0, 0.1) is 6.92 Å². The van der Waals surface area contributed by atoms with Crippen LogP contribution in [0.2, 0.25) is 0 Å². The van der Waals surface area contributed by atoms with Crippen molar-refractivity contribution in [1.29, 1.82) is 0 Å². The molecule has 3 heterocycles. The highest BCUT2D eigenvalue weighted by Crippen LogP contribution is 2.35. The summed E-state index contributed by atoms with van der Waals surface area (Å²) >= 11 is 1.52. The highest BCUT2D eigenvalue weighted by molar-refractivity contribution is 7.22. The van der Waals surface area contributed by atoms with E-state index in [-0.39, 0.29) is 5.56 Å². The van der Waals surface area contributed by atoms with E-state index < -0.39 is 12.1 Å². The van der Waals surface area contributed by atoms with Gasteiger partial charge in [-0.05, 0) is 49.0 Å². The SMILES string of the molecule is Cc1cnc(NCCCN2CCNCC2)nc1-c1cc2ccc(C(=O)OC(N)=O)cc2s1. The number of rotatable bonds is 7. The van der Waals surface area contributed by atoms with Crippen LogP contribution in [0.4, 0.5) is 10.7 Å². The molecule has 0 aliphatic carbocycles. The quantitative estimate of drug-likeness (QED) is 0.283. The van der Waals surface area contributed by atoms with E-state index in [0.29, 0.717) is 5.95 Å². The van der Waals surface area contributed by atoms with Crippen molar-refractivity contribution in [1.82, 2.24) is 20.2 Å². The Bertz CT molecular complexity index is 1130. The van der Waals surface area contributed by atoms with Crippen LogP contribution in [0.1, 0.15) is 22.3 Å². The molecule has 0 spiro atoms. The molecule has 0 radical (unpaired) electrons. The van der Waals surface area contributed by atoms with Crippen LogP contribution < -0.4 is 16.4 Å². The molecule has 0 atom stereocenters. The lowest BCUT2D eigenvalue weighted by molar-refractivity contribution is 0.0638. The molecule has 10 heteroatoms. The number of hydrogen-bond acceptors (Lipinski definition) is 9. The van der Waals surface area contributed by atoms with Crippen molar-refractivity contribution >= 4 is 39.4 Å². The van der Waals surface area contributed by atoms with Gasteiger partial charge in [0.25, 0.3) is 0 Å². The molecule has 1 aliphatic rings. The van der Waals surface area contributed by atoms with Crippen molar-refractivity contribution in [2.75, 3.05) is 44.6 Å². The number of nitrogens with one attached hydrogen (secondary N) is 2. The molecular formula is C22H26N6O3S. The summed E-state index contributed by atoms with van der Waals surface area (Å²) in [5.74, 6) is -0.158. The van der Waals surface area contributed by atoms with Gasteiger partial charge < -0.3 is 26.0 Å². The third-order valence-electron chi connectivity index (χ3n) is 5.30. The Morgan fingerprint density at radius 3 is 2.88 bits per heavy atom. The minimum atomic E-state index is -1.12. The summed E-state index contributed by atoms with van der Waals surface area (Å²) in [4.78, 5) is 35.4. The minimum Gasteiger partial charge on any atom is -0.373 e. The molecular weight excluding hydrogens is 428 g/mol. The lowest BCUT2D eigenvalue weighted by atomic mass is 10.1. The van der Waals surface area contributed by atoms with E-state index in [1.165, 1.54) is 11.3 Å². The van der Waals surface area contributed by atoms with Gasteiger partial charge >= 0.3 is 12.1 Å². The Balaban J connectivity index is 1.45. The van der Waals surface area contributed by atoms with Crippen LogP contribution in [0.15, 0.2) is 30.5 Å². The average Bonchev–Trinajstić information content (AvgIpc) is 3.21. The zero-order valence-corrected chi connectivity index (χ0v) is 18.7. The fourth-order valence-corrected chi connectivity index (χ4v) is 4.80. The minimum absolute atomic E-state index is 0.274. The van der Waals surface area contributed by atoms with Crippen molar-refractivity contribution in [3.63, 3.8) is 0 Å². The summed E-state index contributed by atoms with van der Waals surface area (Å²) in [7, 11) is 0. The lowest BCUT2D eigenvalue weighted by Gasteiger charge is -2.27. The number of piperazine rings is 1. The maximum absolute atomic E-state index is 11.9. The Morgan fingerprint density at radius 2 is 2.09 bits per heavy atom. The van der Waals surface area contributed by atoms with Gasteiger partial charge in [-0.25, -0.2) is 19.6 Å². The molecule has 1 aliphatic heterocycles. The molecule has 0 unspecified atom stereocenters. The predicted octanol–water partition coefficient (Wildman–Crippen LogP) is 2.61. The zero-order valence-electron chi connectivity index (χ0n) is 17.9. The van der Waals surface area contributed by atoms with E-state index in [1.54, 1.807) is 12.1 Å². The van der Waals surface area contributed by atoms with Gasteiger partial charge in [0.05, 0.1) is 16.1 Å². The van der Waals surface area contributed by atoms with Crippen LogP contribution in [0.5, 0.6) is 0 Å². The number of fused-ring (bicyclic) bond motifs is 1. The first-order valence-electron chi connectivity index (χ1n) is 10.6. The normalized spacial score (nSPS) is 14.4. The van der Waals surface area contributed by atoms with Gasteiger partial charge in [0.15, 0.2) is 0 Å². The molecule has 1 aromatic carbocycles. The molecule has 3 aromatic rings. The summed E-state index contributed by atoms with van der Waals surface area (Å²) < 4.78 is 5.36. The predicted molar refractivity (Wildman–Crippen MR) is 125 cm³/mol. The maximum Gasteiger partial charge on any atom is 0.412 e. The number of esters is 1. The number of aryl methyl sites for hydroxylation is 1. The second-order valence-corrected chi connectivity index (χ2v) is 8.75. The van der Waals surface area contributed by atoms with Crippen molar-refractivity contribution in [2.45, 2.75) is 13.3 Å². The monoisotopic (exact) mass is 454 g/mol. The Labute approximate surface area is 190 Å². The van der Waals surface area contributed by atoms with E-state index in [9.17, 15) is 9.59 Å². The van der Waals surface area contributed by atoms with Crippen LogP contribution in [-0.2, 0) is 4.74 Å². The second kappa shape index (κ2) is 10.0. The molecule has 32 heavy (non-hydrogen) atoms. The lowest BCUT2D eigenvalue weighted by Crippen LogP contribution is -2.44. The van der Waals surface area contributed by atoms with Gasteiger partial charge in [0.1, 0.15) is 0 Å². The molecule has 168 valence electrons. The fraction of sp³-hybridized carbons (Fsp3) is 0.364. The Morgan fingerprint density at radius 1 is 1.28 bits per heavy atom. The molecule has 1 fully saturated rings. The van der Waals surface area contributed by atoms with E-state index >= 15 is 0 Å². The zero-order chi connectivity index (χ0) is 22.5. The number of primary amides is 1. The number of hydrogen-bond donors (Lipinski definition) is 3. The summed E-state index contributed by atoms with van der Waals surface area (Å²) in [6.07, 6.45) is 1.73. The Hall–Kier alpha value is -3.08. The topological polar surface area (TPSA) is 122 Å². The summed E-state index contributed by atoms with van der Waals surface area (Å²) in [6.45, 7) is 8.15. The molecule has 2 aromatic heterocycles. The van der Waals surface area contributed by atoms with Crippen molar-refractivity contribution in [2.24, 2.45) is 5.73 Å². The number of carbonyl (C=O) groups excluding carboxylic acids is 2. The van der Waals surface area contributed by atoms with E-state index in [1.807, 2.05) is 25.3 Å². The molecule has 4 rings (SSSR count). The van der Waals surface area contributed by atoms with Gasteiger partial charge in [-0.1, -0.05) is 6.07 Å². The van der Waals surface area contributed by atoms with E-state index in [0.717, 1.165) is 71.9 Å². The van der Waals surface area contributed by atoms with Gasteiger partial charge in [0, 0.05) is 43.6 Å². The van der Waals surface area contributed by atoms with Crippen LogP contribution >= 0.6 is 11.3 Å². The molecule has 1 saturated heterocycles. The van der Waals surface area contributed by atoms with Crippen LogP contribution in [0.25, 0.3) is 20.7 Å². The number of carbonyl (C=O) groups is 2. The number of benzene rings is 1. The summed E-state index contributed by atoms with van der Waals surface area (Å²) in [6, 6.07) is 7.16. The third-order valence-corrected chi connectivity index (χ3v) is 6.40. The first-order valence-corrected chi connectivity index (χ1v) is 11.4. The van der Waals surface area contributed by atoms with E-state index in [2.05, 4.69) is 25.3 Å². The van der Waals surface area contributed by atoms with Crippen LogP contribution in [0.3, 0.4) is 0 Å².